The number of nitrogens with zero attached hydrogens (tertiary/aromatic N) is 1. The minimum Gasteiger partial charge on any atom is -0.378 e. The standard InChI is InChI=1S/C7H13N3O.ClH/c8-4-6(9)3-5-1-2-10-7(5)11;/h5-7,10-11H,1-3,9H2;1H/t5-,6-,7-;/m0./s1. The predicted octanol–water partition coefficient (Wildman–Crippen LogP) is -0.423. The van der Waals surface area contributed by atoms with Gasteiger partial charge in [-0.1, -0.05) is 0 Å². The number of hydrogen-bond acceptors (Lipinski definition) is 4. The van der Waals surface area contributed by atoms with E-state index in [4.69, 9.17) is 11.0 Å². The van der Waals surface area contributed by atoms with Crippen LogP contribution in [0.5, 0.6) is 0 Å². The van der Waals surface area contributed by atoms with E-state index in [9.17, 15) is 5.11 Å². The number of halogens is 1. The highest BCUT2D eigenvalue weighted by Gasteiger charge is 2.25. The van der Waals surface area contributed by atoms with E-state index in [0.717, 1.165) is 13.0 Å². The molecule has 0 unspecified atom stereocenters. The highest BCUT2D eigenvalue weighted by molar-refractivity contribution is 5.85. The summed E-state index contributed by atoms with van der Waals surface area (Å²) in [5.74, 6) is 0.157. The van der Waals surface area contributed by atoms with Crippen LogP contribution in [-0.4, -0.2) is 23.9 Å². The smallest absolute Gasteiger partial charge is 0.107 e. The Kier molecular flexibility index (Phi) is 5.18. The van der Waals surface area contributed by atoms with Crippen LogP contribution >= 0.6 is 12.4 Å². The van der Waals surface area contributed by atoms with Gasteiger partial charge in [0.1, 0.15) is 6.23 Å². The Labute approximate surface area is 78.2 Å². The van der Waals surface area contributed by atoms with Crippen LogP contribution in [0.2, 0.25) is 0 Å². The lowest BCUT2D eigenvalue weighted by Gasteiger charge is -2.14. The Morgan fingerprint density at radius 1 is 1.75 bits per heavy atom. The molecule has 0 amide bonds. The van der Waals surface area contributed by atoms with Crippen LogP contribution < -0.4 is 11.1 Å². The molecule has 1 saturated heterocycles. The fourth-order valence-corrected chi connectivity index (χ4v) is 1.37. The molecule has 4 N–H and O–H groups in total. The van der Waals surface area contributed by atoms with E-state index in [1.165, 1.54) is 0 Å². The average Bonchev–Trinajstić information content (AvgIpc) is 2.37. The fraction of sp³-hybridized carbons (Fsp3) is 0.857. The molecule has 1 heterocycles. The van der Waals surface area contributed by atoms with Crippen molar-refractivity contribution in [2.24, 2.45) is 11.7 Å². The zero-order chi connectivity index (χ0) is 8.27. The second kappa shape index (κ2) is 5.33. The fourth-order valence-electron chi connectivity index (χ4n) is 1.37. The molecule has 0 aromatic heterocycles. The summed E-state index contributed by atoms with van der Waals surface area (Å²) < 4.78 is 0. The minimum absolute atomic E-state index is 0. The van der Waals surface area contributed by atoms with Crippen LogP contribution in [0.15, 0.2) is 0 Å². The van der Waals surface area contributed by atoms with Gasteiger partial charge in [-0.3, -0.25) is 5.32 Å². The second-order valence-electron chi connectivity index (χ2n) is 2.92. The Balaban J connectivity index is 0.00000121. The third-order valence-corrected chi connectivity index (χ3v) is 2.04. The van der Waals surface area contributed by atoms with E-state index in [1.807, 2.05) is 6.07 Å². The molecule has 0 bridgehead atoms. The van der Waals surface area contributed by atoms with Gasteiger partial charge in [0, 0.05) is 5.92 Å². The van der Waals surface area contributed by atoms with Gasteiger partial charge in [0.15, 0.2) is 0 Å². The zero-order valence-corrected chi connectivity index (χ0v) is 7.55. The van der Waals surface area contributed by atoms with Gasteiger partial charge in [-0.05, 0) is 19.4 Å². The van der Waals surface area contributed by atoms with E-state index in [-0.39, 0.29) is 18.3 Å². The highest BCUT2D eigenvalue weighted by atomic mass is 35.5. The average molecular weight is 192 g/mol. The molecule has 70 valence electrons. The highest BCUT2D eigenvalue weighted by Crippen LogP contribution is 2.18. The number of aliphatic hydroxyl groups excluding tert-OH is 1. The molecule has 0 radical (unpaired) electrons. The van der Waals surface area contributed by atoms with Crippen LogP contribution in [-0.2, 0) is 0 Å². The van der Waals surface area contributed by atoms with Crippen LogP contribution in [0, 0.1) is 17.2 Å². The quantitative estimate of drug-likeness (QED) is 0.554. The molecular weight excluding hydrogens is 178 g/mol. The largest absolute Gasteiger partial charge is 0.378 e. The Bertz CT molecular complexity index is 171. The van der Waals surface area contributed by atoms with Crippen LogP contribution in [0.4, 0.5) is 0 Å². The van der Waals surface area contributed by atoms with Crippen LogP contribution in [0.1, 0.15) is 12.8 Å². The third kappa shape index (κ3) is 2.95. The molecule has 0 aromatic carbocycles. The molecule has 0 saturated carbocycles. The van der Waals surface area contributed by atoms with Crippen molar-refractivity contribution in [3.8, 4) is 6.07 Å². The number of nitrogens with one attached hydrogen (secondary N) is 1. The number of aliphatic hydroxyl groups is 1. The van der Waals surface area contributed by atoms with Crippen molar-refractivity contribution in [1.82, 2.24) is 5.32 Å². The lowest BCUT2D eigenvalue weighted by Crippen LogP contribution is -2.30. The van der Waals surface area contributed by atoms with Gasteiger partial charge in [0.05, 0.1) is 12.1 Å². The number of rotatable bonds is 2. The first-order valence-corrected chi connectivity index (χ1v) is 3.80. The van der Waals surface area contributed by atoms with Gasteiger partial charge in [0.2, 0.25) is 0 Å². The van der Waals surface area contributed by atoms with Gasteiger partial charge in [-0.25, -0.2) is 0 Å². The zero-order valence-electron chi connectivity index (χ0n) is 6.73. The SMILES string of the molecule is Cl.N#C[C@@H](N)C[C@@H]1CCN[C@H]1O. The topological polar surface area (TPSA) is 82.1 Å². The van der Waals surface area contributed by atoms with E-state index in [1.54, 1.807) is 0 Å². The second-order valence-corrected chi connectivity index (χ2v) is 2.92. The van der Waals surface area contributed by atoms with Crippen molar-refractivity contribution in [2.45, 2.75) is 25.1 Å². The van der Waals surface area contributed by atoms with Crippen molar-refractivity contribution >= 4 is 12.4 Å². The first-order valence-electron chi connectivity index (χ1n) is 3.80. The minimum atomic E-state index is -0.464. The lowest BCUT2D eigenvalue weighted by molar-refractivity contribution is 0.107. The van der Waals surface area contributed by atoms with E-state index in [0.29, 0.717) is 6.42 Å². The predicted molar refractivity (Wildman–Crippen MR) is 47.6 cm³/mol. The summed E-state index contributed by atoms with van der Waals surface area (Å²) in [6, 6.07) is 1.52. The molecule has 4 nitrogen and oxygen atoms in total. The Hall–Kier alpha value is -0.340. The maximum absolute atomic E-state index is 9.26. The summed E-state index contributed by atoms with van der Waals surface area (Å²) in [5.41, 5.74) is 5.42. The molecular formula is C7H14ClN3O. The summed E-state index contributed by atoms with van der Waals surface area (Å²) in [6.07, 6.45) is 1.04. The summed E-state index contributed by atoms with van der Waals surface area (Å²) in [6.45, 7) is 0.823. The van der Waals surface area contributed by atoms with Crippen molar-refractivity contribution in [3.05, 3.63) is 0 Å². The molecule has 1 rings (SSSR count). The van der Waals surface area contributed by atoms with Gasteiger partial charge < -0.3 is 10.8 Å². The molecule has 0 aliphatic carbocycles. The van der Waals surface area contributed by atoms with Crippen molar-refractivity contribution in [1.29, 1.82) is 5.26 Å². The summed E-state index contributed by atoms with van der Waals surface area (Å²) in [5, 5.41) is 20.6. The van der Waals surface area contributed by atoms with E-state index >= 15 is 0 Å². The lowest BCUT2D eigenvalue weighted by atomic mass is 9.99. The van der Waals surface area contributed by atoms with Crippen LogP contribution in [0.25, 0.3) is 0 Å². The molecule has 1 aliphatic rings. The molecule has 5 heteroatoms. The molecule has 1 fully saturated rings. The summed E-state index contributed by atoms with van der Waals surface area (Å²) in [7, 11) is 0. The molecule has 0 aromatic rings. The first kappa shape index (κ1) is 11.7. The number of nitrogens with two attached hydrogens (primary N) is 1. The van der Waals surface area contributed by atoms with Gasteiger partial charge in [-0.15, -0.1) is 12.4 Å². The maximum Gasteiger partial charge on any atom is 0.107 e. The van der Waals surface area contributed by atoms with E-state index < -0.39 is 12.3 Å². The van der Waals surface area contributed by atoms with E-state index in [2.05, 4.69) is 5.32 Å². The Morgan fingerprint density at radius 3 is 2.83 bits per heavy atom. The third-order valence-electron chi connectivity index (χ3n) is 2.04. The number of hydrogen-bond donors (Lipinski definition) is 3. The number of nitriles is 1. The Morgan fingerprint density at radius 2 is 2.42 bits per heavy atom. The van der Waals surface area contributed by atoms with Crippen molar-refractivity contribution in [2.75, 3.05) is 6.54 Å². The van der Waals surface area contributed by atoms with Crippen molar-refractivity contribution < 1.29 is 5.11 Å². The van der Waals surface area contributed by atoms with Gasteiger partial charge >= 0.3 is 0 Å². The maximum atomic E-state index is 9.26. The van der Waals surface area contributed by atoms with Crippen LogP contribution in [0.3, 0.4) is 0 Å². The first-order chi connectivity index (χ1) is 5.24. The molecule has 3 atom stereocenters. The monoisotopic (exact) mass is 191 g/mol. The molecule has 12 heavy (non-hydrogen) atoms. The summed E-state index contributed by atoms with van der Waals surface area (Å²) in [4.78, 5) is 0. The normalized spacial score (nSPS) is 30.4. The summed E-state index contributed by atoms with van der Waals surface area (Å²) >= 11 is 0. The molecule has 0 spiro atoms. The van der Waals surface area contributed by atoms with Gasteiger partial charge in [0.25, 0.3) is 0 Å². The molecule has 1 aliphatic heterocycles. The van der Waals surface area contributed by atoms with Gasteiger partial charge in [-0.2, -0.15) is 5.26 Å². The van der Waals surface area contributed by atoms with Crippen molar-refractivity contribution in [3.63, 3.8) is 0 Å².